The average Bonchev–Trinajstić information content (AvgIpc) is 3.00. The number of alkyl halides is 3. The second-order valence-corrected chi connectivity index (χ2v) is 6.84. The lowest BCUT2D eigenvalue weighted by molar-refractivity contribution is -0.275. The summed E-state index contributed by atoms with van der Waals surface area (Å²) in [7, 11) is 0. The lowest BCUT2D eigenvalue weighted by Crippen LogP contribution is -2.42. The van der Waals surface area contributed by atoms with Crippen LogP contribution in [0.15, 0.2) is 41.6 Å². The van der Waals surface area contributed by atoms with Gasteiger partial charge in [0.1, 0.15) is 0 Å². The molecular formula is C17H15Cl3F3N3O. The molecule has 1 aliphatic rings. The molecule has 0 saturated heterocycles. The molecule has 0 aliphatic carbocycles. The first-order valence-corrected chi connectivity index (χ1v) is 8.28. The van der Waals surface area contributed by atoms with Gasteiger partial charge in [0, 0.05) is 22.0 Å². The van der Waals surface area contributed by atoms with Gasteiger partial charge < -0.3 is 10.3 Å². The largest absolute Gasteiger partial charge is 0.435 e. The summed E-state index contributed by atoms with van der Waals surface area (Å²) >= 11 is 11.8. The number of hydrogen-bond donors (Lipinski definition) is 2. The third-order valence-electron chi connectivity index (χ3n) is 4.23. The van der Waals surface area contributed by atoms with Gasteiger partial charge in [0.2, 0.25) is 0 Å². The molecule has 0 aromatic heterocycles. The van der Waals surface area contributed by atoms with Crippen LogP contribution < -0.4 is 11.3 Å². The minimum atomic E-state index is -4.72. The molecule has 4 nitrogen and oxygen atoms in total. The van der Waals surface area contributed by atoms with Gasteiger partial charge in [-0.05, 0) is 48.4 Å². The number of aryl methyl sites for hydroxylation is 1. The lowest BCUT2D eigenvalue weighted by atomic mass is 9.86. The zero-order chi connectivity index (χ0) is 19.1. The first-order chi connectivity index (χ1) is 12.2. The number of oxime groups is 1. The summed E-state index contributed by atoms with van der Waals surface area (Å²) in [5.74, 6) is 5.38. The maximum absolute atomic E-state index is 13.9. The van der Waals surface area contributed by atoms with Crippen molar-refractivity contribution in [1.29, 1.82) is 0 Å². The van der Waals surface area contributed by atoms with Crippen LogP contribution in [0.5, 0.6) is 0 Å². The molecule has 3 rings (SSSR count). The lowest BCUT2D eigenvalue weighted by Gasteiger charge is -2.29. The normalized spacial score (nSPS) is 19.1. The SMILES string of the molecule is Cc1cc(C2=NOC(c3cc(Cl)cc(Cl)c3)(C(F)(F)F)C2)ccc1NN.Cl. The molecule has 1 unspecified atom stereocenters. The van der Waals surface area contributed by atoms with Crippen molar-refractivity contribution in [3.05, 3.63) is 63.1 Å². The zero-order valence-corrected chi connectivity index (χ0v) is 16.2. The Morgan fingerprint density at radius 3 is 2.30 bits per heavy atom. The number of nitrogens with two attached hydrogens (primary N) is 1. The van der Waals surface area contributed by atoms with Gasteiger partial charge in [-0.15, -0.1) is 12.4 Å². The van der Waals surface area contributed by atoms with Crippen LogP contribution in [0.4, 0.5) is 18.9 Å². The second kappa shape index (κ2) is 7.75. The van der Waals surface area contributed by atoms with Crippen LogP contribution in [0.25, 0.3) is 0 Å². The van der Waals surface area contributed by atoms with Gasteiger partial charge in [-0.1, -0.05) is 34.4 Å². The zero-order valence-electron chi connectivity index (χ0n) is 13.9. The van der Waals surface area contributed by atoms with Gasteiger partial charge in [-0.3, -0.25) is 5.84 Å². The molecular weight excluding hydrogens is 426 g/mol. The summed E-state index contributed by atoms with van der Waals surface area (Å²) < 4.78 is 41.8. The number of hydrazine groups is 1. The highest BCUT2D eigenvalue weighted by Crippen LogP contribution is 2.49. The van der Waals surface area contributed by atoms with E-state index in [0.29, 0.717) is 11.3 Å². The predicted molar refractivity (Wildman–Crippen MR) is 103 cm³/mol. The average molecular weight is 441 g/mol. The third-order valence-corrected chi connectivity index (χ3v) is 4.67. The van der Waals surface area contributed by atoms with E-state index in [4.69, 9.17) is 33.9 Å². The molecule has 2 aromatic rings. The van der Waals surface area contributed by atoms with E-state index in [1.54, 1.807) is 25.1 Å². The van der Waals surface area contributed by atoms with Crippen LogP contribution in [-0.2, 0) is 10.4 Å². The molecule has 3 N–H and O–H groups in total. The Bertz CT molecular complexity index is 869. The van der Waals surface area contributed by atoms with Gasteiger partial charge in [0.15, 0.2) is 0 Å². The van der Waals surface area contributed by atoms with Gasteiger partial charge in [0.25, 0.3) is 5.60 Å². The van der Waals surface area contributed by atoms with Crippen LogP contribution in [0, 0.1) is 6.92 Å². The van der Waals surface area contributed by atoms with Crippen molar-refractivity contribution in [3.63, 3.8) is 0 Å². The summed E-state index contributed by atoms with van der Waals surface area (Å²) in [5.41, 5.74) is 1.79. The summed E-state index contributed by atoms with van der Waals surface area (Å²) in [6, 6.07) is 8.71. The Kier molecular flexibility index (Phi) is 6.21. The standard InChI is InChI=1S/C17H14Cl2F3N3O.ClH/c1-9-4-10(2-3-14(9)24-23)15-8-16(26-25-15,17(20,21)22)11-5-12(18)7-13(19)6-11;/h2-7,24H,8,23H2,1H3;1H. The van der Waals surface area contributed by atoms with Crippen LogP contribution in [0.1, 0.15) is 23.1 Å². The maximum atomic E-state index is 13.9. The molecule has 27 heavy (non-hydrogen) atoms. The molecule has 1 atom stereocenters. The van der Waals surface area contributed by atoms with E-state index in [1.807, 2.05) is 0 Å². The highest BCUT2D eigenvalue weighted by Gasteiger charge is 2.62. The van der Waals surface area contributed by atoms with Gasteiger partial charge in [0.05, 0.1) is 11.4 Å². The number of anilines is 1. The fraction of sp³-hybridized carbons (Fsp3) is 0.235. The summed E-state index contributed by atoms with van der Waals surface area (Å²) in [5, 5.41) is 3.89. The molecule has 146 valence electrons. The number of nitrogens with one attached hydrogen (secondary N) is 1. The Balaban J connectivity index is 0.00000261. The van der Waals surface area contributed by atoms with Crippen molar-refractivity contribution in [1.82, 2.24) is 0 Å². The molecule has 0 bridgehead atoms. The number of hydrogen-bond acceptors (Lipinski definition) is 4. The van der Waals surface area contributed by atoms with Gasteiger partial charge in [-0.2, -0.15) is 13.2 Å². The van der Waals surface area contributed by atoms with Crippen LogP contribution in [0.2, 0.25) is 10.0 Å². The first kappa shape index (κ1) is 21.6. The fourth-order valence-corrected chi connectivity index (χ4v) is 3.38. The van der Waals surface area contributed by atoms with Crippen molar-refractivity contribution in [2.75, 3.05) is 5.43 Å². The van der Waals surface area contributed by atoms with E-state index in [0.717, 1.165) is 5.56 Å². The van der Waals surface area contributed by atoms with E-state index in [2.05, 4.69) is 10.6 Å². The van der Waals surface area contributed by atoms with Crippen molar-refractivity contribution >= 4 is 47.0 Å². The van der Waals surface area contributed by atoms with E-state index in [9.17, 15) is 13.2 Å². The Hall–Kier alpha value is -1.67. The Morgan fingerprint density at radius 1 is 1.15 bits per heavy atom. The van der Waals surface area contributed by atoms with Crippen LogP contribution in [0.3, 0.4) is 0 Å². The van der Waals surface area contributed by atoms with Crippen molar-refractivity contribution in [2.24, 2.45) is 11.0 Å². The number of nitrogens with zero attached hydrogens (tertiary/aromatic N) is 1. The fourth-order valence-electron chi connectivity index (χ4n) is 2.85. The topological polar surface area (TPSA) is 59.6 Å². The minimum Gasteiger partial charge on any atom is -0.374 e. The Morgan fingerprint density at radius 2 is 1.78 bits per heavy atom. The molecule has 0 amide bonds. The summed E-state index contributed by atoms with van der Waals surface area (Å²) in [6.45, 7) is 1.78. The monoisotopic (exact) mass is 439 g/mol. The van der Waals surface area contributed by atoms with Crippen molar-refractivity contribution < 1.29 is 18.0 Å². The molecule has 0 spiro atoms. The number of benzene rings is 2. The predicted octanol–water partition coefficient (Wildman–Crippen LogP) is 5.59. The summed E-state index contributed by atoms with van der Waals surface area (Å²) in [4.78, 5) is 4.97. The highest BCUT2D eigenvalue weighted by molar-refractivity contribution is 6.34. The second-order valence-electron chi connectivity index (χ2n) is 5.96. The van der Waals surface area contributed by atoms with Crippen molar-refractivity contribution in [2.45, 2.75) is 25.1 Å². The maximum Gasteiger partial charge on any atom is 0.435 e. The molecule has 0 saturated carbocycles. The number of nitrogen functional groups attached to an aromatic ring is 1. The smallest absolute Gasteiger partial charge is 0.374 e. The Labute approximate surface area is 169 Å². The van der Waals surface area contributed by atoms with Gasteiger partial charge in [-0.25, -0.2) is 0 Å². The number of halogens is 6. The minimum absolute atomic E-state index is 0. The first-order valence-electron chi connectivity index (χ1n) is 7.52. The van der Waals surface area contributed by atoms with Crippen LogP contribution in [-0.4, -0.2) is 11.9 Å². The van der Waals surface area contributed by atoms with E-state index >= 15 is 0 Å². The molecule has 2 aromatic carbocycles. The summed E-state index contributed by atoms with van der Waals surface area (Å²) in [6.07, 6.45) is -5.22. The van der Waals surface area contributed by atoms with Crippen molar-refractivity contribution in [3.8, 4) is 0 Å². The van der Waals surface area contributed by atoms with E-state index in [-0.39, 0.29) is 33.7 Å². The van der Waals surface area contributed by atoms with E-state index in [1.165, 1.54) is 18.2 Å². The third kappa shape index (κ3) is 3.96. The van der Waals surface area contributed by atoms with Crippen LogP contribution >= 0.6 is 35.6 Å². The quantitative estimate of drug-likeness (QED) is 0.483. The van der Waals surface area contributed by atoms with E-state index < -0.39 is 18.2 Å². The molecule has 0 radical (unpaired) electrons. The number of rotatable bonds is 3. The molecule has 0 fully saturated rings. The molecule has 10 heteroatoms. The highest BCUT2D eigenvalue weighted by atomic mass is 35.5. The van der Waals surface area contributed by atoms with Gasteiger partial charge >= 0.3 is 6.18 Å². The molecule has 1 aliphatic heterocycles. The molecule has 1 heterocycles.